The second-order valence-corrected chi connectivity index (χ2v) is 8.02. The molecule has 2 N–H and O–H groups in total. The van der Waals surface area contributed by atoms with Crippen molar-refractivity contribution in [1.82, 2.24) is 10.2 Å². The number of hydrogen-bond donors (Lipinski definition) is 2. The van der Waals surface area contributed by atoms with Crippen molar-refractivity contribution in [2.75, 3.05) is 44.8 Å². The molecule has 1 atom stereocenters. The third-order valence-corrected chi connectivity index (χ3v) is 4.87. The number of urea groups is 1. The lowest BCUT2D eigenvalue weighted by molar-refractivity contribution is -0.168. The maximum absolute atomic E-state index is 12.9. The molecule has 1 saturated heterocycles. The van der Waals surface area contributed by atoms with Crippen LogP contribution in [0.3, 0.4) is 0 Å². The summed E-state index contributed by atoms with van der Waals surface area (Å²) in [6.07, 6.45) is -2.84. The molecule has 176 valence electrons. The topological polar surface area (TPSA) is 62.8 Å². The number of amides is 2. The third kappa shape index (κ3) is 9.00. The van der Waals surface area contributed by atoms with Crippen LogP contribution in [0.4, 0.5) is 28.0 Å². The lowest BCUT2D eigenvalue weighted by atomic mass is 10.0. The molecule has 0 spiro atoms. The van der Waals surface area contributed by atoms with Crippen molar-refractivity contribution >= 4 is 11.7 Å². The summed E-state index contributed by atoms with van der Waals surface area (Å²) >= 11 is 0. The molecule has 1 aliphatic heterocycles. The second-order valence-electron chi connectivity index (χ2n) is 8.02. The highest BCUT2D eigenvalue weighted by molar-refractivity contribution is 5.89. The molecule has 0 bridgehead atoms. The fourth-order valence-corrected chi connectivity index (χ4v) is 3.34. The van der Waals surface area contributed by atoms with Crippen LogP contribution in [0.2, 0.25) is 0 Å². The van der Waals surface area contributed by atoms with Gasteiger partial charge >= 0.3 is 18.4 Å². The summed E-state index contributed by atoms with van der Waals surface area (Å²) in [5.41, 5.74) is 0.930. The zero-order chi connectivity index (χ0) is 22.9. The normalized spacial score (nSPS) is 16.5. The Morgan fingerprint density at radius 3 is 2.61 bits per heavy atom. The van der Waals surface area contributed by atoms with Gasteiger partial charge in [-0.15, -0.1) is 0 Å². The van der Waals surface area contributed by atoms with E-state index in [2.05, 4.69) is 29.4 Å². The number of carbonyl (C=O) groups excluding carboxylic acids is 1. The number of anilines is 1. The van der Waals surface area contributed by atoms with E-state index < -0.39 is 19.0 Å². The summed E-state index contributed by atoms with van der Waals surface area (Å²) in [7, 11) is 0. The van der Waals surface area contributed by atoms with Gasteiger partial charge in [0.25, 0.3) is 0 Å². The Kier molecular flexibility index (Phi) is 9.98. The highest BCUT2D eigenvalue weighted by Gasteiger charge is 2.40. The van der Waals surface area contributed by atoms with Crippen molar-refractivity contribution < 1.29 is 31.8 Å². The minimum atomic E-state index is -4.19. The van der Waals surface area contributed by atoms with Gasteiger partial charge in [0.05, 0.1) is 19.8 Å². The van der Waals surface area contributed by atoms with Crippen molar-refractivity contribution in [3.05, 3.63) is 29.8 Å². The number of morpholine rings is 1. The molecule has 1 aliphatic rings. The number of benzene rings is 1. The van der Waals surface area contributed by atoms with Gasteiger partial charge in [-0.1, -0.05) is 26.0 Å². The van der Waals surface area contributed by atoms with Gasteiger partial charge in [-0.3, -0.25) is 4.90 Å². The van der Waals surface area contributed by atoms with E-state index >= 15 is 0 Å². The average molecular weight is 449 g/mol. The van der Waals surface area contributed by atoms with Gasteiger partial charge in [0, 0.05) is 31.4 Å². The van der Waals surface area contributed by atoms with E-state index in [-0.39, 0.29) is 18.7 Å². The number of halogens is 4. The van der Waals surface area contributed by atoms with Crippen molar-refractivity contribution in [2.45, 2.75) is 45.3 Å². The molecule has 1 aromatic rings. The van der Waals surface area contributed by atoms with Crippen LogP contribution in [-0.2, 0) is 16.1 Å². The zero-order valence-electron chi connectivity index (χ0n) is 17.9. The molecule has 6 nitrogen and oxygen atoms in total. The minimum Gasteiger partial charge on any atom is -0.379 e. The van der Waals surface area contributed by atoms with Crippen molar-refractivity contribution in [1.29, 1.82) is 0 Å². The molecule has 0 aromatic heterocycles. The number of nitrogens with zero attached hydrogens (tertiary/aromatic N) is 1. The number of alkyl halides is 4. The van der Waals surface area contributed by atoms with Crippen LogP contribution >= 0.6 is 0 Å². The summed E-state index contributed by atoms with van der Waals surface area (Å²) in [5, 5.41) is 5.58. The molecule has 1 fully saturated rings. The standard InChI is InChI=1S/C21H31F4N3O3/c1-15(2)10-18(28-6-8-30-9-7-28)12-26-20(29)27-17-5-3-4-16(11-17)13-31-14-21(24,25)19(22)23/h3-5,11,15,18-19H,6-10,12-14H2,1-2H3,(H2,26,27,29). The molecular formula is C21H31F4N3O3. The number of rotatable bonds is 11. The van der Waals surface area contributed by atoms with E-state index in [0.717, 1.165) is 19.5 Å². The predicted molar refractivity (Wildman–Crippen MR) is 110 cm³/mol. The summed E-state index contributed by atoms with van der Waals surface area (Å²) in [6, 6.07) is 6.23. The summed E-state index contributed by atoms with van der Waals surface area (Å²) in [5.74, 6) is -3.71. The maximum atomic E-state index is 12.9. The van der Waals surface area contributed by atoms with Crippen LogP contribution in [-0.4, -0.2) is 68.8 Å². The smallest absolute Gasteiger partial charge is 0.330 e. The van der Waals surface area contributed by atoms with Gasteiger partial charge in [-0.2, -0.15) is 8.78 Å². The molecule has 0 saturated carbocycles. The first-order chi connectivity index (χ1) is 14.7. The molecule has 2 rings (SSSR count). The van der Waals surface area contributed by atoms with Crippen LogP contribution in [0.5, 0.6) is 0 Å². The van der Waals surface area contributed by atoms with Crippen LogP contribution in [0.1, 0.15) is 25.8 Å². The summed E-state index contributed by atoms with van der Waals surface area (Å²) < 4.78 is 60.3. The van der Waals surface area contributed by atoms with Crippen LogP contribution in [0.25, 0.3) is 0 Å². The number of nitrogens with one attached hydrogen (secondary N) is 2. The van der Waals surface area contributed by atoms with Crippen molar-refractivity contribution in [3.63, 3.8) is 0 Å². The van der Waals surface area contributed by atoms with E-state index in [9.17, 15) is 22.4 Å². The molecule has 1 aromatic carbocycles. The quantitative estimate of drug-likeness (QED) is 0.502. The Bertz CT molecular complexity index is 686. The highest BCUT2D eigenvalue weighted by atomic mass is 19.3. The molecule has 0 radical (unpaired) electrons. The summed E-state index contributed by atoms with van der Waals surface area (Å²) in [4.78, 5) is 14.7. The Morgan fingerprint density at radius 1 is 1.26 bits per heavy atom. The van der Waals surface area contributed by atoms with Crippen molar-refractivity contribution in [3.8, 4) is 0 Å². The van der Waals surface area contributed by atoms with Gasteiger partial charge in [0.15, 0.2) is 0 Å². The molecular weight excluding hydrogens is 418 g/mol. The lowest BCUT2D eigenvalue weighted by Gasteiger charge is -2.35. The van der Waals surface area contributed by atoms with Gasteiger partial charge in [0.1, 0.15) is 6.61 Å². The molecule has 1 heterocycles. The minimum absolute atomic E-state index is 0.200. The molecule has 2 amide bonds. The Morgan fingerprint density at radius 2 is 1.97 bits per heavy atom. The van der Waals surface area contributed by atoms with E-state index in [0.29, 0.717) is 36.9 Å². The Hall–Kier alpha value is -1.91. The monoisotopic (exact) mass is 449 g/mol. The molecule has 31 heavy (non-hydrogen) atoms. The SMILES string of the molecule is CC(C)CC(CNC(=O)Nc1cccc(COCC(F)(F)C(F)F)c1)N1CCOCC1. The van der Waals surface area contributed by atoms with Gasteiger partial charge < -0.3 is 20.1 Å². The van der Waals surface area contributed by atoms with E-state index in [1.807, 2.05) is 0 Å². The molecule has 1 unspecified atom stereocenters. The lowest BCUT2D eigenvalue weighted by Crippen LogP contribution is -2.49. The van der Waals surface area contributed by atoms with Gasteiger partial charge in [-0.05, 0) is 30.0 Å². The largest absolute Gasteiger partial charge is 0.379 e. The number of carbonyl (C=O) groups is 1. The van der Waals surface area contributed by atoms with E-state index in [4.69, 9.17) is 9.47 Å². The van der Waals surface area contributed by atoms with E-state index in [1.54, 1.807) is 24.3 Å². The van der Waals surface area contributed by atoms with Gasteiger partial charge in [-0.25, -0.2) is 13.6 Å². The first-order valence-electron chi connectivity index (χ1n) is 10.4. The predicted octanol–water partition coefficient (Wildman–Crippen LogP) is 3.97. The first kappa shape index (κ1) is 25.4. The fraction of sp³-hybridized carbons (Fsp3) is 0.667. The third-order valence-electron chi connectivity index (χ3n) is 4.87. The Balaban J connectivity index is 1.83. The molecule has 10 heteroatoms. The first-order valence-corrected chi connectivity index (χ1v) is 10.4. The van der Waals surface area contributed by atoms with Crippen LogP contribution in [0, 0.1) is 5.92 Å². The number of hydrogen-bond acceptors (Lipinski definition) is 4. The summed E-state index contributed by atoms with van der Waals surface area (Å²) in [6.45, 7) is 6.12. The van der Waals surface area contributed by atoms with Gasteiger partial charge in [0.2, 0.25) is 0 Å². The number of ether oxygens (including phenoxy) is 2. The maximum Gasteiger partial charge on any atom is 0.330 e. The fourth-order valence-electron chi connectivity index (χ4n) is 3.34. The Labute approximate surface area is 180 Å². The van der Waals surface area contributed by atoms with E-state index in [1.165, 1.54) is 0 Å². The highest BCUT2D eigenvalue weighted by Crippen LogP contribution is 2.23. The second kappa shape index (κ2) is 12.2. The van der Waals surface area contributed by atoms with Crippen LogP contribution < -0.4 is 10.6 Å². The van der Waals surface area contributed by atoms with Crippen LogP contribution in [0.15, 0.2) is 24.3 Å². The average Bonchev–Trinajstić information content (AvgIpc) is 2.71. The molecule has 0 aliphatic carbocycles. The van der Waals surface area contributed by atoms with Crippen molar-refractivity contribution in [2.24, 2.45) is 5.92 Å². The zero-order valence-corrected chi connectivity index (χ0v) is 17.9.